The van der Waals surface area contributed by atoms with Gasteiger partial charge in [0.05, 0.1) is 13.2 Å². The van der Waals surface area contributed by atoms with Crippen molar-refractivity contribution in [2.45, 2.75) is 13.2 Å². The van der Waals surface area contributed by atoms with Crippen LogP contribution in [0.2, 0.25) is 0 Å². The number of benzene rings is 5. The van der Waals surface area contributed by atoms with Crippen LogP contribution in [0.1, 0.15) is 22.3 Å². The molecule has 0 atom stereocenters. The molecule has 2 aromatic heterocycles. The molecule has 7 aromatic rings. The lowest BCUT2D eigenvalue weighted by atomic mass is 10.00. The largest absolute Gasteiger partial charge is 0.571 e. The Morgan fingerprint density at radius 2 is 0.960 bits per heavy atom. The molecular weight excluding hydrogens is 646 g/mol. The predicted molar refractivity (Wildman–Crippen MR) is 193 cm³/mol. The molecule has 0 spiro atoms. The molecule has 0 N–H and O–H groups in total. The molecule has 0 unspecified atom stereocenters. The second kappa shape index (κ2) is 11.4. The zero-order valence-corrected chi connectivity index (χ0v) is 27.4. The molecule has 0 amide bonds. The monoisotopic (exact) mass is 672 g/mol. The zero-order chi connectivity index (χ0) is 33.2. The number of aliphatic imine (C=N–C) groups is 2. The molecule has 4 bridgehead atoms. The molecule has 12 heteroatoms. The van der Waals surface area contributed by atoms with Crippen molar-refractivity contribution in [1.29, 1.82) is 0 Å². The molecule has 5 heterocycles. The Hall–Kier alpha value is -5.71. The van der Waals surface area contributed by atoms with E-state index >= 15 is 4.57 Å². The first-order valence-electron chi connectivity index (χ1n) is 16.3. The van der Waals surface area contributed by atoms with Crippen molar-refractivity contribution in [1.82, 2.24) is 8.96 Å². The molecule has 5 aromatic carbocycles. The van der Waals surface area contributed by atoms with Gasteiger partial charge in [0.1, 0.15) is 22.6 Å². The minimum atomic E-state index is -4.34. The van der Waals surface area contributed by atoms with Crippen molar-refractivity contribution in [2.75, 3.05) is 0 Å². The molecule has 0 aliphatic carbocycles. The Morgan fingerprint density at radius 3 is 1.54 bits per heavy atom. The third-order valence-corrected chi connectivity index (χ3v) is 10.5. The molecule has 0 fully saturated rings. The Labute approximate surface area is 286 Å². The molecule has 240 valence electrons. The Kier molecular flexibility index (Phi) is 6.69. The molecule has 0 saturated heterocycles. The first-order chi connectivity index (χ1) is 24.6. The molecule has 0 radical (unpaired) electrons. The van der Waals surface area contributed by atoms with Crippen LogP contribution in [0.3, 0.4) is 0 Å². The molecule has 50 heavy (non-hydrogen) atoms. The van der Waals surface area contributed by atoms with E-state index in [0.717, 1.165) is 43.8 Å². The minimum Gasteiger partial charge on any atom is -0.307 e. The fourth-order valence-electron chi connectivity index (χ4n) is 6.78. The lowest BCUT2D eigenvalue weighted by molar-refractivity contribution is 0.141. The minimum absolute atomic E-state index is 0.00350. The standard InChI is InChI=1S/C38H26BN6O4P/c46-50(47-23-25-13-3-1-4-14-25,48-24-26-15-5-2-6-16-26)49-39-44-35-29-19-9-11-21-31(29)37(44)43-38-32-22-12-10-20-30(32)36(45(38)39)42-34-28-18-8-7-17-27(28)33(40-34)41-35/h1-22H,23-24H2. The third kappa shape index (κ3) is 4.67. The summed E-state index contributed by atoms with van der Waals surface area (Å²) < 4.78 is 37.9. The van der Waals surface area contributed by atoms with Crippen molar-refractivity contribution in [2.24, 2.45) is 20.0 Å². The average molecular weight is 672 g/mol. The van der Waals surface area contributed by atoms with Crippen LogP contribution in [0.25, 0.3) is 21.5 Å². The van der Waals surface area contributed by atoms with Crippen LogP contribution in [-0.2, 0) is 31.3 Å². The maximum absolute atomic E-state index is 15.1. The molecule has 10 rings (SSSR count). The Morgan fingerprint density at radius 1 is 0.500 bits per heavy atom. The summed E-state index contributed by atoms with van der Waals surface area (Å²) in [5, 5.41) is 3.39. The van der Waals surface area contributed by atoms with E-state index in [1.807, 2.05) is 142 Å². The SMILES string of the molecule is O=P(OCc1ccccc1)(OCc1ccccc1)OB1n2c3c4ccccc4c2N=c2c4ccccc4c(n21)=NC1=NC(=N3)c2ccccc21. The van der Waals surface area contributed by atoms with Crippen LogP contribution in [0.5, 0.6) is 0 Å². The van der Waals surface area contributed by atoms with E-state index in [-0.39, 0.29) is 13.2 Å². The smallest absolute Gasteiger partial charge is 0.307 e. The predicted octanol–water partition coefficient (Wildman–Crippen LogP) is 7.27. The van der Waals surface area contributed by atoms with Gasteiger partial charge in [0.2, 0.25) is 0 Å². The van der Waals surface area contributed by atoms with Crippen LogP contribution < -0.4 is 11.0 Å². The normalized spacial score (nSPS) is 14.2. The fraction of sp³-hybridized carbons (Fsp3) is 0.0526. The van der Waals surface area contributed by atoms with E-state index in [9.17, 15) is 0 Å². The Bertz CT molecular complexity index is 2700. The first kappa shape index (κ1) is 29.2. The summed E-state index contributed by atoms with van der Waals surface area (Å²) in [6.45, 7) is 0.00701. The number of nitrogens with zero attached hydrogens (tertiary/aromatic N) is 6. The summed E-state index contributed by atoms with van der Waals surface area (Å²) >= 11 is 0. The summed E-state index contributed by atoms with van der Waals surface area (Å²) in [4.78, 5) is 20.6. The summed E-state index contributed by atoms with van der Waals surface area (Å²) in [7, 11) is -5.46. The van der Waals surface area contributed by atoms with Gasteiger partial charge in [-0.25, -0.2) is 24.5 Å². The third-order valence-electron chi connectivity index (χ3n) is 9.12. The van der Waals surface area contributed by atoms with Gasteiger partial charge in [-0.1, -0.05) is 133 Å². The molecular formula is C38H26BN6O4P. The van der Waals surface area contributed by atoms with Gasteiger partial charge in [-0.3, -0.25) is 9.05 Å². The highest BCUT2D eigenvalue weighted by Gasteiger charge is 2.44. The van der Waals surface area contributed by atoms with Crippen molar-refractivity contribution in [3.8, 4) is 0 Å². The Balaban J connectivity index is 1.24. The second-order valence-corrected chi connectivity index (χ2v) is 13.8. The van der Waals surface area contributed by atoms with Gasteiger partial charge >= 0.3 is 15.0 Å². The van der Waals surface area contributed by atoms with Crippen molar-refractivity contribution in [3.05, 3.63) is 167 Å². The van der Waals surface area contributed by atoms with Crippen LogP contribution >= 0.6 is 7.82 Å². The van der Waals surface area contributed by atoms with Gasteiger partial charge in [0.25, 0.3) is 0 Å². The summed E-state index contributed by atoms with van der Waals surface area (Å²) in [5.74, 6) is 2.18. The highest BCUT2D eigenvalue weighted by atomic mass is 31.2. The van der Waals surface area contributed by atoms with Gasteiger partial charge in [-0.15, -0.1) is 0 Å². The quantitative estimate of drug-likeness (QED) is 0.125. The van der Waals surface area contributed by atoms with Gasteiger partial charge in [0, 0.05) is 32.7 Å². The van der Waals surface area contributed by atoms with Gasteiger partial charge in [0.15, 0.2) is 11.7 Å². The van der Waals surface area contributed by atoms with Gasteiger partial charge in [-0.2, -0.15) is 0 Å². The fourth-order valence-corrected chi connectivity index (χ4v) is 8.02. The molecule has 10 nitrogen and oxygen atoms in total. The van der Waals surface area contributed by atoms with E-state index in [4.69, 9.17) is 33.5 Å². The van der Waals surface area contributed by atoms with E-state index in [0.29, 0.717) is 34.3 Å². The maximum Gasteiger partial charge on any atom is 0.571 e. The highest BCUT2D eigenvalue weighted by molar-refractivity contribution is 7.49. The van der Waals surface area contributed by atoms with Crippen LogP contribution in [0.4, 0.5) is 11.6 Å². The lowest BCUT2D eigenvalue weighted by Crippen LogP contribution is -2.49. The van der Waals surface area contributed by atoms with Crippen LogP contribution in [0.15, 0.2) is 153 Å². The number of hydrogen-bond acceptors (Lipinski definition) is 8. The molecule has 3 aliphatic heterocycles. The summed E-state index contributed by atoms with van der Waals surface area (Å²) in [6, 6.07) is 42.9. The van der Waals surface area contributed by atoms with Crippen molar-refractivity contribution in [3.63, 3.8) is 0 Å². The lowest BCUT2D eigenvalue weighted by Gasteiger charge is -2.26. The average Bonchev–Trinajstić information content (AvgIpc) is 3.79. The van der Waals surface area contributed by atoms with Crippen LogP contribution in [0, 0.1) is 0 Å². The number of hydrogen-bond donors (Lipinski definition) is 0. The van der Waals surface area contributed by atoms with E-state index in [2.05, 4.69) is 0 Å². The summed E-state index contributed by atoms with van der Waals surface area (Å²) in [5.41, 5.74) is 4.52. The van der Waals surface area contributed by atoms with Gasteiger partial charge in [-0.05, 0) is 11.1 Å². The highest BCUT2D eigenvalue weighted by Crippen LogP contribution is 2.53. The number of amidine groups is 2. The number of phosphoric ester groups is 1. The van der Waals surface area contributed by atoms with E-state index in [1.54, 1.807) is 0 Å². The molecule has 3 aliphatic rings. The first-order valence-corrected chi connectivity index (χ1v) is 17.7. The zero-order valence-electron chi connectivity index (χ0n) is 26.5. The maximum atomic E-state index is 15.1. The number of aromatic nitrogens is 2. The van der Waals surface area contributed by atoms with Crippen molar-refractivity contribution >= 4 is 59.9 Å². The van der Waals surface area contributed by atoms with Crippen LogP contribution in [-0.4, -0.2) is 27.8 Å². The van der Waals surface area contributed by atoms with E-state index in [1.165, 1.54) is 0 Å². The van der Waals surface area contributed by atoms with E-state index < -0.39 is 15.0 Å². The number of phosphoric acid groups is 1. The number of rotatable bonds is 8. The van der Waals surface area contributed by atoms with Crippen molar-refractivity contribution < 1.29 is 18.1 Å². The second-order valence-electron chi connectivity index (χ2n) is 12.2. The number of fused-ring (bicyclic) bond motifs is 10. The van der Waals surface area contributed by atoms with Gasteiger partial charge < -0.3 is 13.4 Å². The topological polar surface area (TPSA) is 104 Å². The summed E-state index contributed by atoms with van der Waals surface area (Å²) in [6.07, 6.45) is 0. The molecule has 0 saturated carbocycles.